The van der Waals surface area contributed by atoms with Crippen LogP contribution >= 0.6 is 22.9 Å². The maximum Gasteiger partial charge on any atom is 0.246 e. The number of aromatic nitrogens is 3. The normalized spacial score (nSPS) is 14.0. The van der Waals surface area contributed by atoms with Gasteiger partial charge in [0.05, 0.1) is 15.9 Å². The summed E-state index contributed by atoms with van der Waals surface area (Å²) in [6.07, 6.45) is 4.82. The molecule has 1 saturated heterocycles. The molecule has 160 valence electrons. The van der Waals surface area contributed by atoms with Crippen LogP contribution in [-0.4, -0.2) is 51.9 Å². The van der Waals surface area contributed by atoms with Crippen molar-refractivity contribution in [2.75, 3.05) is 31.1 Å². The van der Waals surface area contributed by atoms with Gasteiger partial charge in [0.15, 0.2) is 0 Å². The predicted molar refractivity (Wildman–Crippen MR) is 130 cm³/mol. The van der Waals surface area contributed by atoms with Gasteiger partial charge in [0, 0.05) is 53.9 Å². The molecule has 0 spiro atoms. The van der Waals surface area contributed by atoms with Crippen LogP contribution in [0.3, 0.4) is 0 Å². The summed E-state index contributed by atoms with van der Waals surface area (Å²) in [6.45, 7) is 6.22. The molecular weight excluding hydrogens is 442 g/mol. The third kappa shape index (κ3) is 3.74. The Morgan fingerprint density at radius 1 is 1.06 bits per heavy atom. The Balaban J connectivity index is 1.53. The van der Waals surface area contributed by atoms with Crippen molar-refractivity contribution in [2.24, 2.45) is 0 Å². The number of hydrogen-bond donors (Lipinski definition) is 0. The monoisotopic (exact) mass is 461 g/mol. The van der Waals surface area contributed by atoms with E-state index in [1.54, 1.807) is 22.6 Å². The fraction of sp³-hybridized carbons (Fsp3) is 0.167. The van der Waals surface area contributed by atoms with Crippen LogP contribution in [0.2, 0.25) is 5.02 Å². The minimum Gasteiger partial charge on any atom is -0.352 e. The molecule has 2 aromatic carbocycles. The standard InChI is InChI=1S/C24H20ClN5OS/c1-2-23(31)29-7-9-30(10-8-29)24-19-11-20(25)18(12-21(19)27-14-28-24)16-5-3-4-6-17(16)22-13-26-15-32-22/h2-6,11-15H,1,7-10H2. The Morgan fingerprint density at radius 3 is 2.56 bits per heavy atom. The Morgan fingerprint density at radius 2 is 1.84 bits per heavy atom. The van der Waals surface area contributed by atoms with E-state index in [0.717, 1.165) is 38.3 Å². The molecule has 1 fully saturated rings. The van der Waals surface area contributed by atoms with E-state index < -0.39 is 0 Å². The first-order chi connectivity index (χ1) is 15.7. The average Bonchev–Trinajstić information content (AvgIpc) is 3.38. The Labute approximate surface area is 194 Å². The number of amides is 1. The Bertz CT molecular complexity index is 1300. The molecule has 0 N–H and O–H groups in total. The second-order valence-electron chi connectivity index (χ2n) is 7.47. The highest BCUT2D eigenvalue weighted by atomic mass is 35.5. The van der Waals surface area contributed by atoms with Gasteiger partial charge in [-0.1, -0.05) is 42.4 Å². The van der Waals surface area contributed by atoms with Crippen molar-refractivity contribution in [1.29, 1.82) is 0 Å². The predicted octanol–water partition coefficient (Wildman–Crippen LogP) is 4.91. The van der Waals surface area contributed by atoms with Crippen LogP contribution in [-0.2, 0) is 4.79 Å². The van der Waals surface area contributed by atoms with E-state index in [0.29, 0.717) is 31.2 Å². The van der Waals surface area contributed by atoms with Crippen molar-refractivity contribution in [1.82, 2.24) is 19.9 Å². The number of fused-ring (bicyclic) bond motifs is 1. The van der Waals surface area contributed by atoms with Gasteiger partial charge in [-0.3, -0.25) is 9.78 Å². The van der Waals surface area contributed by atoms with Crippen LogP contribution in [0.5, 0.6) is 0 Å². The van der Waals surface area contributed by atoms with Gasteiger partial charge in [0.25, 0.3) is 0 Å². The minimum atomic E-state index is -0.0375. The first-order valence-electron chi connectivity index (χ1n) is 10.2. The van der Waals surface area contributed by atoms with Crippen molar-refractivity contribution in [3.8, 4) is 21.6 Å². The highest BCUT2D eigenvalue weighted by Crippen LogP contribution is 2.40. The number of thiazole rings is 1. The SMILES string of the molecule is C=CC(=O)N1CCN(c2ncnc3cc(-c4ccccc4-c4cncs4)c(Cl)cc23)CC1. The van der Waals surface area contributed by atoms with Crippen molar-refractivity contribution >= 4 is 45.6 Å². The van der Waals surface area contributed by atoms with E-state index in [4.69, 9.17) is 11.6 Å². The molecule has 0 atom stereocenters. The van der Waals surface area contributed by atoms with Gasteiger partial charge in [0.2, 0.25) is 5.91 Å². The van der Waals surface area contributed by atoms with Gasteiger partial charge >= 0.3 is 0 Å². The minimum absolute atomic E-state index is 0.0375. The molecule has 1 amide bonds. The van der Waals surface area contributed by atoms with Crippen molar-refractivity contribution in [3.63, 3.8) is 0 Å². The fourth-order valence-electron chi connectivity index (χ4n) is 4.07. The smallest absolute Gasteiger partial charge is 0.246 e. The first kappa shape index (κ1) is 20.6. The van der Waals surface area contributed by atoms with Crippen molar-refractivity contribution in [2.45, 2.75) is 0 Å². The zero-order valence-electron chi connectivity index (χ0n) is 17.2. The van der Waals surface area contributed by atoms with E-state index in [2.05, 4.69) is 38.6 Å². The number of benzene rings is 2. The zero-order valence-corrected chi connectivity index (χ0v) is 18.8. The van der Waals surface area contributed by atoms with Gasteiger partial charge in [0.1, 0.15) is 12.1 Å². The molecule has 0 radical (unpaired) electrons. The summed E-state index contributed by atoms with van der Waals surface area (Å²) < 4.78 is 0. The number of carbonyl (C=O) groups excluding carboxylic acids is 1. The number of halogens is 1. The number of carbonyl (C=O) groups is 1. The quantitative estimate of drug-likeness (QED) is 0.404. The number of anilines is 1. The molecule has 0 unspecified atom stereocenters. The molecule has 1 aliphatic heterocycles. The summed E-state index contributed by atoms with van der Waals surface area (Å²) in [5, 5.41) is 1.55. The third-order valence-electron chi connectivity index (χ3n) is 5.68. The second-order valence-corrected chi connectivity index (χ2v) is 8.77. The molecule has 0 aliphatic carbocycles. The van der Waals surface area contributed by atoms with E-state index in [9.17, 15) is 4.79 Å². The molecule has 1 aliphatic rings. The largest absolute Gasteiger partial charge is 0.352 e. The molecule has 8 heteroatoms. The lowest BCUT2D eigenvalue weighted by molar-refractivity contribution is -0.126. The number of piperazine rings is 1. The van der Waals surface area contributed by atoms with Crippen LogP contribution in [0, 0.1) is 0 Å². The number of nitrogens with zero attached hydrogens (tertiary/aromatic N) is 5. The molecule has 2 aromatic heterocycles. The maximum absolute atomic E-state index is 11.9. The van der Waals surface area contributed by atoms with Crippen molar-refractivity contribution < 1.29 is 4.79 Å². The number of hydrogen-bond acceptors (Lipinski definition) is 6. The summed E-state index contributed by atoms with van der Waals surface area (Å²) in [6, 6.07) is 12.2. The van der Waals surface area contributed by atoms with Crippen LogP contribution in [0.1, 0.15) is 0 Å². The van der Waals surface area contributed by atoms with Gasteiger partial charge in [-0.25, -0.2) is 9.97 Å². The molecule has 3 heterocycles. The summed E-state index contributed by atoms with van der Waals surface area (Å²) in [5.74, 6) is 0.800. The summed E-state index contributed by atoms with van der Waals surface area (Å²) >= 11 is 8.41. The Kier molecular flexibility index (Phi) is 5.59. The lowest BCUT2D eigenvalue weighted by atomic mass is 9.97. The lowest BCUT2D eigenvalue weighted by Gasteiger charge is -2.35. The second kappa shape index (κ2) is 8.68. The summed E-state index contributed by atoms with van der Waals surface area (Å²) in [7, 11) is 0. The molecule has 4 aromatic rings. The van der Waals surface area contributed by atoms with Crippen LogP contribution in [0.15, 0.2) is 67.1 Å². The van der Waals surface area contributed by atoms with Crippen molar-refractivity contribution in [3.05, 3.63) is 72.1 Å². The lowest BCUT2D eigenvalue weighted by Crippen LogP contribution is -2.48. The maximum atomic E-state index is 11.9. The highest BCUT2D eigenvalue weighted by molar-refractivity contribution is 7.13. The number of rotatable bonds is 4. The summed E-state index contributed by atoms with van der Waals surface area (Å²) in [4.78, 5) is 30.3. The van der Waals surface area contributed by atoms with Crippen LogP contribution in [0.4, 0.5) is 5.82 Å². The van der Waals surface area contributed by atoms with Crippen LogP contribution < -0.4 is 4.90 Å². The van der Waals surface area contributed by atoms with E-state index in [1.165, 1.54) is 6.08 Å². The molecule has 0 bridgehead atoms. The molecule has 5 rings (SSSR count). The topological polar surface area (TPSA) is 62.2 Å². The van der Waals surface area contributed by atoms with E-state index in [-0.39, 0.29) is 5.91 Å². The molecule has 32 heavy (non-hydrogen) atoms. The van der Waals surface area contributed by atoms with Gasteiger partial charge in [-0.15, -0.1) is 11.3 Å². The first-order valence-corrected chi connectivity index (χ1v) is 11.5. The average molecular weight is 462 g/mol. The van der Waals surface area contributed by atoms with Gasteiger partial charge in [-0.2, -0.15) is 0 Å². The third-order valence-corrected chi connectivity index (χ3v) is 6.80. The molecule has 6 nitrogen and oxygen atoms in total. The Hall–Kier alpha value is -3.29. The van der Waals surface area contributed by atoms with E-state index >= 15 is 0 Å². The molecular formula is C24H20ClN5OS. The fourth-order valence-corrected chi connectivity index (χ4v) is 5.00. The highest BCUT2D eigenvalue weighted by Gasteiger charge is 2.22. The van der Waals surface area contributed by atoms with Gasteiger partial charge in [-0.05, 0) is 23.8 Å². The zero-order chi connectivity index (χ0) is 22.1. The van der Waals surface area contributed by atoms with E-state index in [1.807, 2.05) is 36.0 Å². The summed E-state index contributed by atoms with van der Waals surface area (Å²) in [5.41, 5.74) is 5.72. The van der Waals surface area contributed by atoms with Crippen LogP contribution in [0.25, 0.3) is 32.5 Å². The van der Waals surface area contributed by atoms with Gasteiger partial charge < -0.3 is 9.80 Å². The molecule has 0 saturated carbocycles.